The largest absolute Gasteiger partial charge is 0.489 e. The summed E-state index contributed by atoms with van der Waals surface area (Å²) in [5.74, 6) is 1.09. The Morgan fingerprint density at radius 1 is 1.31 bits per heavy atom. The maximum absolute atomic E-state index is 12.7. The van der Waals surface area contributed by atoms with Crippen LogP contribution in [0, 0.1) is 0 Å². The number of ether oxygens (including phenoxy) is 1. The molecule has 2 aromatic heterocycles. The van der Waals surface area contributed by atoms with Crippen LogP contribution < -0.4 is 10.1 Å². The van der Waals surface area contributed by atoms with Crippen LogP contribution in [0.1, 0.15) is 30.1 Å². The van der Waals surface area contributed by atoms with Gasteiger partial charge in [-0.3, -0.25) is 9.78 Å². The van der Waals surface area contributed by atoms with Gasteiger partial charge in [0.2, 0.25) is 5.91 Å². The average molecular weight is 349 g/mol. The van der Waals surface area contributed by atoms with Gasteiger partial charge in [0.25, 0.3) is 0 Å². The topological polar surface area (TPSA) is 81.9 Å². The minimum absolute atomic E-state index is 0.0663. The van der Waals surface area contributed by atoms with Crippen LogP contribution in [0.4, 0.5) is 5.69 Å². The van der Waals surface area contributed by atoms with E-state index in [0.717, 1.165) is 30.8 Å². The van der Waals surface area contributed by atoms with Crippen molar-refractivity contribution in [2.45, 2.75) is 31.9 Å². The molecule has 7 heteroatoms. The normalized spacial score (nSPS) is 15.9. The highest BCUT2D eigenvalue weighted by atomic mass is 16.5. The van der Waals surface area contributed by atoms with Crippen molar-refractivity contribution in [1.82, 2.24) is 19.7 Å². The lowest BCUT2D eigenvalue weighted by molar-refractivity contribution is -0.118. The quantitative estimate of drug-likeness (QED) is 0.766. The van der Waals surface area contributed by atoms with Crippen LogP contribution in [0.15, 0.2) is 55.1 Å². The maximum atomic E-state index is 12.7. The molecule has 1 atom stereocenters. The highest BCUT2D eigenvalue weighted by Crippen LogP contribution is 2.27. The fourth-order valence-electron chi connectivity index (χ4n) is 3.08. The number of pyridine rings is 1. The molecular weight excluding hydrogens is 330 g/mol. The molecule has 1 unspecified atom stereocenters. The molecule has 7 nitrogen and oxygen atoms in total. The number of carbonyl (C=O) groups is 1. The fourth-order valence-corrected chi connectivity index (χ4v) is 3.08. The first-order chi connectivity index (χ1) is 12.8. The Balaban J connectivity index is 1.42. The molecule has 0 saturated heterocycles. The van der Waals surface area contributed by atoms with Crippen LogP contribution in [0.2, 0.25) is 0 Å². The van der Waals surface area contributed by atoms with Crippen molar-refractivity contribution in [3.63, 3.8) is 0 Å². The van der Waals surface area contributed by atoms with E-state index in [4.69, 9.17) is 4.74 Å². The van der Waals surface area contributed by atoms with Crippen LogP contribution in [0.3, 0.4) is 0 Å². The molecule has 0 aliphatic carbocycles. The van der Waals surface area contributed by atoms with E-state index in [2.05, 4.69) is 20.4 Å². The lowest BCUT2D eigenvalue weighted by atomic mass is 9.98. The van der Waals surface area contributed by atoms with Crippen LogP contribution in [-0.4, -0.2) is 25.7 Å². The minimum Gasteiger partial charge on any atom is -0.489 e. The molecule has 1 amide bonds. The number of aryl methyl sites for hydroxylation is 1. The Kier molecular flexibility index (Phi) is 4.59. The molecular formula is C19H19N5O2. The summed E-state index contributed by atoms with van der Waals surface area (Å²) in [6.07, 6.45) is 6.70. The number of rotatable bonds is 5. The van der Waals surface area contributed by atoms with Crippen molar-refractivity contribution >= 4 is 11.6 Å². The van der Waals surface area contributed by atoms with Gasteiger partial charge in [-0.2, -0.15) is 5.10 Å². The summed E-state index contributed by atoms with van der Waals surface area (Å²) < 4.78 is 7.59. The molecule has 132 valence electrons. The van der Waals surface area contributed by atoms with Gasteiger partial charge < -0.3 is 10.1 Å². The Morgan fingerprint density at radius 3 is 3.15 bits per heavy atom. The van der Waals surface area contributed by atoms with Gasteiger partial charge in [0.05, 0.1) is 5.92 Å². The van der Waals surface area contributed by atoms with E-state index < -0.39 is 0 Å². The van der Waals surface area contributed by atoms with Gasteiger partial charge >= 0.3 is 0 Å². The zero-order valence-electron chi connectivity index (χ0n) is 14.2. The Hall–Kier alpha value is -3.22. The number of aromatic nitrogens is 4. The van der Waals surface area contributed by atoms with E-state index in [1.165, 1.54) is 6.33 Å². The molecule has 1 aromatic carbocycles. The molecule has 4 rings (SSSR count). The van der Waals surface area contributed by atoms with Crippen molar-refractivity contribution in [3.8, 4) is 5.75 Å². The van der Waals surface area contributed by atoms with E-state index in [9.17, 15) is 4.79 Å². The van der Waals surface area contributed by atoms with Crippen LogP contribution in [0.25, 0.3) is 0 Å². The van der Waals surface area contributed by atoms with Gasteiger partial charge in [-0.15, -0.1) is 0 Å². The van der Waals surface area contributed by atoms with Crippen molar-refractivity contribution in [2.75, 3.05) is 5.32 Å². The monoisotopic (exact) mass is 349 g/mol. The van der Waals surface area contributed by atoms with Crippen molar-refractivity contribution < 1.29 is 9.53 Å². The smallest absolute Gasteiger partial charge is 0.235 e. The summed E-state index contributed by atoms with van der Waals surface area (Å²) >= 11 is 0. The number of benzene rings is 1. The molecule has 0 saturated carbocycles. The number of fused-ring (bicyclic) bond motifs is 1. The summed E-state index contributed by atoms with van der Waals surface area (Å²) in [5, 5.41) is 7.13. The highest BCUT2D eigenvalue weighted by Gasteiger charge is 2.28. The van der Waals surface area contributed by atoms with Crippen LogP contribution in [0.5, 0.6) is 5.75 Å². The van der Waals surface area contributed by atoms with Gasteiger partial charge in [-0.05, 0) is 31.0 Å². The summed E-state index contributed by atoms with van der Waals surface area (Å²) in [6, 6.07) is 11.2. The number of anilines is 1. The van der Waals surface area contributed by atoms with Gasteiger partial charge in [-0.1, -0.05) is 12.1 Å². The standard InChI is InChI=1S/C19H19N5O2/c25-19(17-7-3-9-24-18(17)21-13-22-24)23-15-5-1-6-16(10-15)26-12-14-4-2-8-20-11-14/h1-2,4-6,8,10-11,13,17H,3,7,9,12H2,(H,23,25). The summed E-state index contributed by atoms with van der Waals surface area (Å²) in [6.45, 7) is 1.24. The third kappa shape index (κ3) is 3.56. The number of carbonyl (C=O) groups excluding carboxylic acids is 1. The molecule has 3 heterocycles. The summed E-state index contributed by atoms with van der Waals surface area (Å²) in [7, 11) is 0. The van der Waals surface area contributed by atoms with Crippen molar-refractivity contribution in [1.29, 1.82) is 0 Å². The molecule has 0 spiro atoms. The number of hydrogen-bond donors (Lipinski definition) is 1. The second kappa shape index (κ2) is 7.35. The van der Waals surface area contributed by atoms with Crippen molar-refractivity contribution in [2.24, 2.45) is 0 Å². The number of nitrogens with zero attached hydrogens (tertiary/aromatic N) is 4. The number of hydrogen-bond acceptors (Lipinski definition) is 5. The zero-order valence-corrected chi connectivity index (χ0v) is 14.2. The van der Waals surface area contributed by atoms with Gasteiger partial charge in [-0.25, -0.2) is 9.67 Å². The molecule has 1 aliphatic heterocycles. The molecule has 26 heavy (non-hydrogen) atoms. The summed E-state index contributed by atoms with van der Waals surface area (Å²) in [4.78, 5) is 21.0. The molecule has 0 bridgehead atoms. The SMILES string of the molecule is O=C(Nc1cccc(OCc2cccnc2)c1)C1CCCn2ncnc21. The molecule has 0 fully saturated rings. The van der Waals surface area contributed by atoms with E-state index in [1.54, 1.807) is 17.1 Å². The van der Waals surface area contributed by atoms with Gasteiger partial charge in [0.1, 0.15) is 24.5 Å². The second-order valence-electron chi connectivity index (χ2n) is 6.20. The third-order valence-corrected chi connectivity index (χ3v) is 4.37. The lowest BCUT2D eigenvalue weighted by Crippen LogP contribution is -2.28. The Morgan fingerprint density at radius 2 is 2.27 bits per heavy atom. The fraction of sp³-hybridized carbons (Fsp3) is 0.263. The third-order valence-electron chi connectivity index (χ3n) is 4.37. The van der Waals surface area contributed by atoms with Crippen LogP contribution >= 0.6 is 0 Å². The molecule has 0 radical (unpaired) electrons. The molecule has 3 aromatic rings. The zero-order chi connectivity index (χ0) is 17.8. The molecule has 1 N–H and O–H groups in total. The highest BCUT2D eigenvalue weighted by molar-refractivity contribution is 5.95. The maximum Gasteiger partial charge on any atom is 0.235 e. The lowest BCUT2D eigenvalue weighted by Gasteiger charge is -2.21. The Bertz CT molecular complexity index is 894. The first-order valence-corrected chi connectivity index (χ1v) is 8.60. The predicted molar refractivity (Wildman–Crippen MR) is 95.6 cm³/mol. The van der Waals surface area contributed by atoms with Crippen LogP contribution in [-0.2, 0) is 17.9 Å². The van der Waals surface area contributed by atoms with E-state index in [-0.39, 0.29) is 11.8 Å². The number of nitrogens with one attached hydrogen (secondary N) is 1. The van der Waals surface area contributed by atoms with Crippen molar-refractivity contribution in [3.05, 3.63) is 66.5 Å². The molecule has 1 aliphatic rings. The van der Waals surface area contributed by atoms with E-state index in [0.29, 0.717) is 18.0 Å². The van der Waals surface area contributed by atoms with E-state index in [1.807, 2.05) is 36.4 Å². The van der Waals surface area contributed by atoms with Gasteiger partial charge in [0, 0.05) is 36.3 Å². The van der Waals surface area contributed by atoms with E-state index >= 15 is 0 Å². The first kappa shape index (κ1) is 16.3. The average Bonchev–Trinajstić information content (AvgIpc) is 3.16. The first-order valence-electron chi connectivity index (χ1n) is 8.60. The number of amides is 1. The van der Waals surface area contributed by atoms with Gasteiger partial charge in [0.15, 0.2) is 0 Å². The summed E-state index contributed by atoms with van der Waals surface area (Å²) in [5.41, 5.74) is 1.69. The second-order valence-corrected chi connectivity index (χ2v) is 6.20. The predicted octanol–water partition coefficient (Wildman–Crippen LogP) is 2.77. The Labute approximate surface area is 151 Å². The minimum atomic E-state index is -0.272.